The number of hydrogen-bond donors (Lipinski definition) is 2. The van der Waals surface area contributed by atoms with E-state index in [1.807, 2.05) is 18.2 Å². The fourth-order valence-electron chi connectivity index (χ4n) is 3.07. The Kier molecular flexibility index (Phi) is 3.70. The number of anilines is 1. The third-order valence-corrected chi connectivity index (χ3v) is 5.60. The number of rotatable bonds is 3. The quantitative estimate of drug-likeness (QED) is 0.909. The Labute approximate surface area is 123 Å². The molecule has 1 heterocycles. The molecule has 108 valence electrons. The van der Waals surface area contributed by atoms with Gasteiger partial charge >= 0.3 is 0 Å². The average molecular weight is 310 g/mol. The van der Waals surface area contributed by atoms with Gasteiger partial charge in [-0.05, 0) is 35.8 Å². The second kappa shape index (κ2) is 5.35. The molecule has 3 rings (SSSR count). The first-order chi connectivity index (χ1) is 9.54. The van der Waals surface area contributed by atoms with Crippen LogP contribution in [-0.2, 0) is 10.2 Å². The normalized spacial score (nSPS) is 17.4. The molecule has 0 bridgehead atoms. The van der Waals surface area contributed by atoms with E-state index in [0.29, 0.717) is 10.9 Å². The average Bonchev–Trinajstić information content (AvgIpc) is 2.75. The summed E-state index contributed by atoms with van der Waals surface area (Å²) in [4.78, 5) is 0. The molecular formula is C14H18N2O2S2. The van der Waals surface area contributed by atoms with Crippen LogP contribution >= 0.6 is 11.3 Å². The Bertz CT molecular complexity index is 716. The van der Waals surface area contributed by atoms with Crippen molar-refractivity contribution in [2.45, 2.75) is 38.0 Å². The maximum absolute atomic E-state index is 11.4. The molecule has 2 aromatic rings. The Hall–Kier alpha value is -1.11. The summed E-state index contributed by atoms with van der Waals surface area (Å²) in [6.07, 6.45) is 5.95. The van der Waals surface area contributed by atoms with Crippen LogP contribution in [0.5, 0.6) is 0 Å². The second-order valence-electron chi connectivity index (χ2n) is 5.32. The lowest BCUT2D eigenvalue weighted by molar-refractivity contribution is 0.447. The van der Waals surface area contributed by atoms with E-state index < -0.39 is 10.2 Å². The van der Waals surface area contributed by atoms with Crippen molar-refractivity contribution >= 4 is 36.6 Å². The molecule has 20 heavy (non-hydrogen) atoms. The topological polar surface area (TPSA) is 72.2 Å². The summed E-state index contributed by atoms with van der Waals surface area (Å²) in [7, 11) is -3.73. The number of thiophene rings is 1. The van der Waals surface area contributed by atoms with Gasteiger partial charge in [0.05, 0.1) is 0 Å². The van der Waals surface area contributed by atoms with Gasteiger partial charge in [0.1, 0.15) is 5.00 Å². The molecule has 0 radical (unpaired) electrons. The molecule has 4 nitrogen and oxygen atoms in total. The summed E-state index contributed by atoms with van der Waals surface area (Å²) in [6.45, 7) is 0. The van der Waals surface area contributed by atoms with Crippen molar-refractivity contribution in [3.63, 3.8) is 0 Å². The highest BCUT2D eigenvalue weighted by molar-refractivity contribution is 7.90. The third-order valence-electron chi connectivity index (χ3n) is 3.88. The van der Waals surface area contributed by atoms with E-state index in [-0.39, 0.29) is 0 Å². The summed E-state index contributed by atoms with van der Waals surface area (Å²) in [5.41, 5.74) is 1.14. The largest absolute Gasteiger partial charge is 0.297 e. The first-order valence-electron chi connectivity index (χ1n) is 6.86. The van der Waals surface area contributed by atoms with Gasteiger partial charge in [-0.2, -0.15) is 8.42 Å². The Morgan fingerprint density at radius 3 is 2.55 bits per heavy atom. The van der Waals surface area contributed by atoms with Gasteiger partial charge in [-0.25, -0.2) is 5.14 Å². The molecule has 1 saturated carbocycles. The van der Waals surface area contributed by atoms with Crippen LogP contribution in [0, 0.1) is 0 Å². The lowest BCUT2D eigenvalue weighted by Gasteiger charge is -2.22. The standard InChI is InChI=1S/C14H18N2O2S2/c15-20(17,18)16-14-13(10-6-2-1-3-7-10)11-8-4-5-9-12(11)19-14/h4-5,8-10,16H,1-3,6-7H2,(H2,15,17,18). The van der Waals surface area contributed by atoms with Gasteiger partial charge in [0.25, 0.3) is 10.2 Å². The van der Waals surface area contributed by atoms with Crippen molar-refractivity contribution in [3.8, 4) is 0 Å². The molecule has 0 aliphatic heterocycles. The second-order valence-corrected chi connectivity index (χ2v) is 7.67. The summed E-state index contributed by atoms with van der Waals surface area (Å²) in [5.74, 6) is 0.434. The maximum atomic E-state index is 11.4. The van der Waals surface area contributed by atoms with Crippen LogP contribution < -0.4 is 9.86 Å². The van der Waals surface area contributed by atoms with E-state index in [1.165, 1.54) is 30.6 Å². The first-order valence-corrected chi connectivity index (χ1v) is 9.23. The van der Waals surface area contributed by atoms with Gasteiger partial charge in [-0.15, -0.1) is 11.3 Å². The first kappa shape index (κ1) is 13.9. The van der Waals surface area contributed by atoms with E-state index in [2.05, 4.69) is 10.8 Å². The molecule has 0 amide bonds. The Balaban J connectivity index is 2.12. The highest BCUT2D eigenvalue weighted by Crippen LogP contribution is 2.45. The van der Waals surface area contributed by atoms with Crippen LogP contribution in [0.2, 0.25) is 0 Å². The lowest BCUT2D eigenvalue weighted by atomic mass is 9.83. The molecule has 1 aromatic carbocycles. The summed E-state index contributed by atoms with van der Waals surface area (Å²) < 4.78 is 26.4. The lowest BCUT2D eigenvalue weighted by Crippen LogP contribution is -2.22. The van der Waals surface area contributed by atoms with Gasteiger partial charge in [-0.3, -0.25) is 4.72 Å². The van der Waals surface area contributed by atoms with Gasteiger partial charge in [-0.1, -0.05) is 37.5 Å². The minimum atomic E-state index is -3.73. The fraction of sp³-hybridized carbons (Fsp3) is 0.429. The van der Waals surface area contributed by atoms with Crippen molar-refractivity contribution in [1.29, 1.82) is 0 Å². The smallest absolute Gasteiger partial charge is 0.262 e. The number of hydrogen-bond acceptors (Lipinski definition) is 3. The van der Waals surface area contributed by atoms with Crippen LogP contribution in [0.15, 0.2) is 24.3 Å². The molecule has 0 spiro atoms. The zero-order valence-electron chi connectivity index (χ0n) is 11.1. The molecule has 0 unspecified atom stereocenters. The monoisotopic (exact) mass is 310 g/mol. The summed E-state index contributed by atoms with van der Waals surface area (Å²) in [6, 6.07) is 8.08. The van der Waals surface area contributed by atoms with Crippen LogP contribution in [0.3, 0.4) is 0 Å². The highest BCUT2D eigenvalue weighted by atomic mass is 32.2. The van der Waals surface area contributed by atoms with Crippen LogP contribution in [0.25, 0.3) is 10.1 Å². The SMILES string of the molecule is NS(=O)(=O)Nc1sc2ccccc2c1C1CCCCC1. The molecule has 1 aromatic heterocycles. The van der Waals surface area contributed by atoms with E-state index in [1.54, 1.807) is 0 Å². The molecule has 6 heteroatoms. The summed E-state index contributed by atoms with van der Waals surface area (Å²) in [5, 5.41) is 7.01. The van der Waals surface area contributed by atoms with E-state index >= 15 is 0 Å². The zero-order valence-corrected chi connectivity index (χ0v) is 12.8. The predicted octanol–water partition coefficient (Wildman–Crippen LogP) is 3.56. The Morgan fingerprint density at radius 1 is 1.15 bits per heavy atom. The van der Waals surface area contributed by atoms with Gasteiger partial charge in [0.2, 0.25) is 0 Å². The fourth-order valence-corrected chi connectivity index (χ4v) is 4.99. The predicted molar refractivity (Wildman–Crippen MR) is 84.4 cm³/mol. The van der Waals surface area contributed by atoms with Gasteiger partial charge in [0.15, 0.2) is 0 Å². The van der Waals surface area contributed by atoms with Crippen molar-refractivity contribution in [2.24, 2.45) is 5.14 Å². The number of nitrogens with one attached hydrogen (secondary N) is 1. The van der Waals surface area contributed by atoms with Crippen molar-refractivity contribution in [2.75, 3.05) is 4.72 Å². The van der Waals surface area contributed by atoms with Crippen molar-refractivity contribution in [1.82, 2.24) is 0 Å². The van der Waals surface area contributed by atoms with E-state index in [9.17, 15) is 8.42 Å². The minimum Gasteiger partial charge on any atom is -0.262 e. The van der Waals surface area contributed by atoms with E-state index in [0.717, 1.165) is 28.5 Å². The van der Waals surface area contributed by atoms with Crippen LogP contribution in [0.4, 0.5) is 5.00 Å². The van der Waals surface area contributed by atoms with Crippen LogP contribution in [-0.4, -0.2) is 8.42 Å². The minimum absolute atomic E-state index is 0.434. The van der Waals surface area contributed by atoms with E-state index in [4.69, 9.17) is 5.14 Å². The van der Waals surface area contributed by atoms with Crippen molar-refractivity contribution in [3.05, 3.63) is 29.8 Å². The molecule has 3 N–H and O–H groups in total. The maximum Gasteiger partial charge on any atom is 0.297 e. The van der Waals surface area contributed by atoms with Crippen LogP contribution in [0.1, 0.15) is 43.6 Å². The zero-order chi connectivity index (χ0) is 14.2. The third kappa shape index (κ3) is 2.82. The van der Waals surface area contributed by atoms with Gasteiger partial charge < -0.3 is 0 Å². The number of nitrogens with two attached hydrogens (primary N) is 1. The Morgan fingerprint density at radius 2 is 1.85 bits per heavy atom. The highest BCUT2D eigenvalue weighted by Gasteiger charge is 2.24. The molecular weight excluding hydrogens is 292 g/mol. The number of benzene rings is 1. The molecule has 1 aliphatic rings. The molecule has 1 aliphatic carbocycles. The molecule has 0 saturated heterocycles. The van der Waals surface area contributed by atoms with Gasteiger partial charge in [0, 0.05) is 4.70 Å². The molecule has 0 atom stereocenters. The van der Waals surface area contributed by atoms with Crippen molar-refractivity contribution < 1.29 is 8.42 Å². The molecule has 1 fully saturated rings. The number of fused-ring (bicyclic) bond motifs is 1. The summed E-state index contributed by atoms with van der Waals surface area (Å²) >= 11 is 1.47.